The molecule has 0 unspecified atom stereocenters. The minimum absolute atomic E-state index is 0.790. The Morgan fingerprint density at radius 2 is 2.05 bits per heavy atom. The number of nitrogens with zero attached hydrogens (tertiary/aromatic N) is 2. The van der Waals surface area contributed by atoms with Crippen LogP contribution in [0.1, 0.15) is 29.9 Å². The third-order valence-corrected chi connectivity index (χ3v) is 5.15. The lowest BCUT2D eigenvalue weighted by Gasteiger charge is -2.41. The van der Waals surface area contributed by atoms with E-state index in [1.54, 1.807) is 5.56 Å². The zero-order valence-corrected chi connectivity index (χ0v) is 12.4. The first-order chi connectivity index (χ1) is 9.81. The van der Waals surface area contributed by atoms with Crippen molar-refractivity contribution in [3.8, 4) is 0 Å². The predicted molar refractivity (Wildman–Crippen MR) is 84.7 cm³/mol. The first kappa shape index (κ1) is 12.3. The van der Waals surface area contributed by atoms with Crippen LogP contribution in [0.25, 0.3) is 10.9 Å². The van der Waals surface area contributed by atoms with Gasteiger partial charge in [-0.3, -0.25) is 0 Å². The lowest BCUT2D eigenvalue weighted by Crippen LogP contribution is -2.39. The number of aromatic nitrogens is 1. The van der Waals surface area contributed by atoms with Crippen molar-refractivity contribution in [2.24, 2.45) is 7.05 Å². The Labute approximate surface area is 120 Å². The van der Waals surface area contributed by atoms with Crippen molar-refractivity contribution in [2.75, 3.05) is 31.6 Å². The second-order valence-electron chi connectivity index (χ2n) is 6.22. The van der Waals surface area contributed by atoms with Crippen molar-refractivity contribution in [1.82, 2.24) is 9.88 Å². The number of likely N-dealkylation sites (N-methyl/N-ethyl adjacent to an activating group) is 1. The largest absolute Gasteiger partial charge is 0.358 e. The van der Waals surface area contributed by atoms with Gasteiger partial charge < -0.3 is 14.8 Å². The quantitative estimate of drug-likeness (QED) is 0.924. The molecule has 2 aromatic rings. The highest BCUT2D eigenvalue weighted by molar-refractivity contribution is 5.93. The lowest BCUT2D eigenvalue weighted by molar-refractivity contribution is 0.469. The Balaban J connectivity index is 1.96. The van der Waals surface area contributed by atoms with Gasteiger partial charge in [0.2, 0.25) is 0 Å². The fourth-order valence-corrected chi connectivity index (χ4v) is 4.24. The van der Waals surface area contributed by atoms with Crippen LogP contribution in [0, 0.1) is 0 Å². The second-order valence-corrected chi connectivity index (χ2v) is 6.22. The standard InChI is InChI=1S/C17H23N3/c1-18-9-6-13-4-3-5-14-15-12-7-10-20(11-8-12)17(15)19(2)16(13)14/h3-5,12,18H,6-11H2,1-2H3. The van der Waals surface area contributed by atoms with Gasteiger partial charge in [0.15, 0.2) is 0 Å². The van der Waals surface area contributed by atoms with Gasteiger partial charge in [0, 0.05) is 31.1 Å². The molecule has 0 atom stereocenters. The van der Waals surface area contributed by atoms with E-state index in [1.165, 1.54) is 48.2 Å². The molecule has 1 aromatic carbocycles. The number of benzene rings is 1. The smallest absolute Gasteiger partial charge is 0.112 e. The summed E-state index contributed by atoms with van der Waals surface area (Å²) >= 11 is 0. The Morgan fingerprint density at radius 3 is 2.80 bits per heavy atom. The van der Waals surface area contributed by atoms with Crippen LogP contribution in [0.2, 0.25) is 0 Å². The molecule has 5 rings (SSSR count). The third-order valence-electron chi connectivity index (χ3n) is 5.15. The zero-order chi connectivity index (χ0) is 13.7. The highest BCUT2D eigenvalue weighted by atomic mass is 15.3. The molecular formula is C17H23N3. The molecule has 0 aliphatic carbocycles. The van der Waals surface area contributed by atoms with Crippen molar-refractivity contribution in [3.63, 3.8) is 0 Å². The number of para-hydroxylation sites is 1. The monoisotopic (exact) mass is 269 g/mol. The second kappa shape index (κ2) is 4.52. The Bertz CT molecular complexity index is 648. The van der Waals surface area contributed by atoms with Crippen LogP contribution in [0.3, 0.4) is 0 Å². The summed E-state index contributed by atoms with van der Waals surface area (Å²) in [5, 5.41) is 4.78. The Morgan fingerprint density at radius 1 is 1.25 bits per heavy atom. The molecule has 1 aromatic heterocycles. The topological polar surface area (TPSA) is 20.2 Å². The maximum Gasteiger partial charge on any atom is 0.112 e. The summed E-state index contributed by atoms with van der Waals surface area (Å²) in [5.74, 6) is 2.29. The van der Waals surface area contributed by atoms with E-state index in [-0.39, 0.29) is 0 Å². The summed E-state index contributed by atoms with van der Waals surface area (Å²) in [4.78, 5) is 2.59. The minimum atomic E-state index is 0.790. The van der Waals surface area contributed by atoms with Crippen LogP contribution >= 0.6 is 0 Å². The first-order valence-corrected chi connectivity index (χ1v) is 7.81. The van der Waals surface area contributed by atoms with Crippen LogP contribution in [0.15, 0.2) is 18.2 Å². The van der Waals surface area contributed by atoms with Crippen molar-refractivity contribution in [3.05, 3.63) is 29.3 Å². The SMILES string of the molecule is CNCCc1cccc2c3c(n(C)c12)N1CCC3CC1. The average Bonchev–Trinajstić information content (AvgIpc) is 2.83. The van der Waals surface area contributed by atoms with Crippen LogP contribution in [-0.2, 0) is 13.5 Å². The summed E-state index contributed by atoms with van der Waals surface area (Å²) in [5.41, 5.74) is 4.58. The molecule has 20 heavy (non-hydrogen) atoms. The normalized spacial score (nSPS) is 18.0. The maximum atomic E-state index is 3.27. The molecule has 0 saturated carbocycles. The number of hydrogen-bond donors (Lipinski definition) is 1. The molecule has 0 radical (unpaired) electrons. The summed E-state index contributed by atoms with van der Waals surface area (Å²) in [6.45, 7) is 3.53. The molecule has 3 nitrogen and oxygen atoms in total. The van der Waals surface area contributed by atoms with Gasteiger partial charge in [-0.2, -0.15) is 0 Å². The molecule has 1 N–H and O–H groups in total. The number of aryl methyl sites for hydroxylation is 1. The molecule has 3 aliphatic rings. The van der Waals surface area contributed by atoms with Crippen LogP contribution in [0.4, 0.5) is 5.82 Å². The summed E-state index contributed by atoms with van der Waals surface area (Å²) in [7, 11) is 4.28. The number of piperidine rings is 1. The third kappa shape index (κ3) is 1.56. The first-order valence-electron chi connectivity index (χ1n) is 7.81. The molecule has 4 heterocycles. The molecule has 3 heteroatoms. The highest BCUT2D eigenvalue weighted by Gasteiger charge is 2.35. The van der Waals surface area contributed by atoms with Gasteiger partial charge in [0.05, 0.1) is 5.52 Å². The molecular weight excluding hydrogens is 246 g/mol. The van der Waals surface area contributed by atoms with Crippen molar-refractivity contribution in [2.45, 2.75) is 25.2 Å². The van der Waals surface area contributed by atoms with E-state index in [4.69, 9.17) is 0 Å². The molecule has 2 bridgehead atoms. The van der Waals surface area contributed by atoms with E-state index < -0.39 is 0 Å². The van der Waals surface area contributed by atoms with Crippen LogP contribution in [-0.4, -0.2) is 31.2 Å². The van der Waals surface area contributed by atoms with E-state index in [1.807, 2.05) is 7.05 Å². The maximum absolute atomic E-state index is 3.27. The fraction of sp³-hybridized carbons (Fsp3) is 0.529. The molecule has 106 valence electrons. The summed E-state index contributed by atoms with van der Waals surface area (Å²) < 4.78 is 2.46. The van der Waals surface area contributed by atoms with E-state index in [9.17, 15) is 0 Å². The highest BCUT2D eigenvalue weighted by Crippen LogP contribution is 2.47. The number of nitrogens with one attached hydrogen (secondary N) is 1. The van der Waals surface area contributed by atoms with Gasteiger partial charge >= 0.3 is 0 Å². The zero-order valence-electron chi connectivity index (χ0n) is 12.4. The molecule has 0 spiro atoms. The summed E-state index contributed by atoms with van der Waals surface area (Å²) in [6, 6.07) is 6.87. The van der Waals surface area contributed by atoms with Gasteiger partial charge in [-0.05, 0) is 44.3 Å². The number of anilines is 1. The Hall–Kier alpha value is -1.48. The average molecular weight is 269 g/mol. The lowest BCUT2D eigenvalue weighted by atomic mass is 9.84. The molecule has 0 amide bonds. The van der Waals surface area contributed by atoms with Crippen LogP contribution in [0.5, 0.6) is 0 Å². The van der Waals surface area contributed by atoms with Crippen LogP contribution < -0.4 is 10.2 Å². The summed E-state index contributed by atoms with van der Waals surface area (Å²) in [6.07, 6.45) is 3.79. The van der Waals surface area contributed by atoms with Gasteiger partial charge in [-0.25, -0.2) is 0 Å². The van der Waals surface area contributed by atoms with Gasteiger partial charge in [-0.15, -0.1) is 0 Å². The van der Waals surface area contributed by atoms with E-state index in [2.05, 4.69) is 40.0 Å². The Kier molecular flexibility index (Phi) is 2.77. The van der Waals surface area contributed by atoms with Crippen molar-refractivity contribution < 1.29 is 0 Å². The number of hydrogen-bond acceptors (Lipinski definition) is 2. The van der Waals surface area contributed by atoms with Crippen molar-refractivity contribution >= 4 is 16.7 Å². The molecule has 1 fully saturated rings. The minimum Gasteiger partial charge on any atom is -0.358 e. The van der Waals surface area contributed by atoms with E-state index in [0.717, 1.165) is 18.9 Å². The number of fused-ring (bicyclic) bond motifs is 3. The van der Waals surface area contributed by atoms with Gasteiger partial charge in [0.1, 0.15) is 5.82 Å². The fourth-order valence-electron chi connectivity index (χ4n) is 4.24. The molecule has 1 saturated heterocycles. The molecule has 3 aliphatic heterocycles. The van der Waals surface area contributed by atoms with Crippen molar-refractivity contribution in [1.29, 1.82) is 0 Å². The van der Waals surface area contributed by atoms with Gasteiger partial charge in [-0.1, -0.05) is 18.2 Å². The number of rotatable bonds is 3. The van der Waals surface area contributed by atoms with Gasteiger partial charge in [0.25, 0.3) is 0 Å². The van der Waals surface area contributed by atoms with E-state index in [0.29, 0.717) is 0 Å². The predicted octanol–water partition coefficient (Wildman–Crippen LogP) is 2.64. The van der Waals surface area contributed by atoms with E-state index >= 15 is 0 Å².